The predicted molar refractivity (Wildman–Crippen MR) is 66.1 cm³/mol. The van der Waals surface area contributed by atoms with Crippen LogP contribution in [0.15, 0.2) is 10.5 Å². The highest BCUT2D eigenvalue weighted by Crippen LogP contribution is 2.21. The summed E-state index contributed by atoms with van der Waals surface area (Å²) in [4.78, 5) is 14.2. The van der Waals surface area contributed by atoms with E-state index in [1.54, 1.807) is 0 Å². The maximum Gasteiger partial charge on any atom is 0.257 e. The number of hydrogen-bond donors (Lipinski definition) is 1. The van der Waals surface area contributed by atoms with Crippen LogP contribution in [0, 0.1) is 19.8 Å². The smallest absolute Gasteiger partial charge is 0.257 e. The molecule has 0 radical (unpaired) electrons. The summed E-state index contributed by atoms with van der Waals surface area (Å²) in [5.41, 5.74) is 0.715. The third-order valence-corrected chi connectivity index (χ3v) is 3.34. The monoisotopic (exact) mass is 236 g/mol. The second-order valence-electron chi connectivity index (χ2n) is 4.79. The van der Waals surface area contributed by atoms with Crippen LogP contribution in [0.5, 0.6) is 0 Å². The van der Waals surface area contributed by atoms with E-state index in [2.05, 4.69) is 5.32 Å². The highest BCUT2D eigenvalue weighted by molar-refractivity contribution is 5.95. The maximum absolute atomic E-state index is 12.3. The fraction of sp³-hybridized carbons (Fsp3) is 0.615. The van der Waals surface area contributed by atoms with E-state index in [-0.39, 0.29) is 5.91 Å². The molecule has 2 heterocycles. The van der Waals surface area contributed by atoms with E-state index in [0.29, 0.717) is 11.5 Å². The van der Waals surface area contributed by atoms with Gasteiger partial charge in [-0.25, -0.2) is 0 Å². The van der Waals surface area contributed by atoms with E-state index in [1.807, 2.05) is 31.9 Å². The van der Waals surface area contributed by atoms with Gasteiger partial charge in [-0.1, -0.05) is 0 Å². The summed E-state index contributed by atoms with van der Waals surface area (Å²) in [7, 11) is 1.95. The first-order valence-electron chi connectivity index (χ1n) is 6.12. The lowest BCUT2D eigenvalue weighted by Gasteiger charge is -2.15. The molecule has 0 aromatic carbocycles. The van der Waals surface area contributed by atoms with Crippen LogP contribution in [0.3, 0.4) is 0 Å². The molecule has 2 rings (SSSR count). The van der Waals surface area contributed by atoms with Crippen molar-refractivity contribution in [3.8, 4) is 0 Å². The number of furan rings is 1. The molecule has 94 valence electrons. The number of nitrogens with one attached hydrogen (secondary N) is 1. The van der Waals surface area contributed by atoms with E-state index in [0.717, 1.165) is 37.6 Å². The molecule has 1 aliphatic rings. The Kier molecular flexibility index (Phi) is 3.52. The minimum absolute atomic E-state index is 0.109. The molecule has 1 aromatic heterocycles. The highest BCUT2D eigenvalue weighted by Gasteiger charge is 2.28. The van der Waals surface area contributed by atoms with Crippen LogP contribution in [0.25, 0.3) is 0 Å². The van der Waals surface area contributed by atoms with E-state index in [4.69, 9.17) is 4.42 Å². The van der Waals surface area contributed by atoms with Crippen molar-refractivity contribution < 1.29 is 9.21 Å². The van der Waals surface area contributed by atoms with Gasteiger partial charge < -0.3 is 14.6 Å². The number of carbonyl (C=O) groups excluding carboxylic acids is 1. The number of nitrogens with zero attached hydrogens (tertiary/aromatic N) is 1. The molecule has 1 N–H and O–H groups in total. The summed E-state index contributed by atoms with van der Waals surface area (Å²) >= 11 is 0. The fourth-order valence-corrected chi connectivity index (χ4v) is 2.49. The third-order valence-electron chi connectivity index (χ3n) is 3.34. The van der Waals surface area contributed by atoms with Crippen LogP contribution in [-0.2, 0) is 0 Å². The largest absolute Gasteiger partial charge is 0.466 e. The van der Waals surface area contributed by atoms with Gasteiger partial charge in [0.15, 0.2) is 0 Å². The van der Waals surface area contributed by atoms with Crippen molar-refractivity contribution in [2.45, 2.75) is 20.3 Å². The predicted octanol–water partition coefficient (Wildman–Crippen LogP) is 1.58. The molecule has 0 aliphatic carbocycles. The normalized spacial score (nSPS) is 19.9. The van der Waals surface area contributed by atoms with Crippen LogP contribution < -0.4 is 5.32 Å². The molecule has 0 spiro atoms. The Hall–Kier alpha value is -1.29. The number of aryl methyl sites for hydroxylation is 2. The topological polar surface area (TPSA) is 45.5 Å². The molecule has 1 saturated heterocycles. The Morgan fingerprint density at radius 2 is 2.35 bits per heavy atom. The number of carbonyl (C=O) groups is 1. The van der Waals surface area contributed by atoms with Crippen molar-refractivity contribution in [2.24, 2.45) is 5.92 Å². The average molecular weight is 236 g/mol. The van der Waals surface area contributed by atoms with E-state index in [9.17, 15) is 4.79 Å². The molecule has 1 aliphatic heterocycles. The molecule has 0 bridgehead atoms. The Labute approximate surface area is 102 Å². The van der Waals surface area contributed by atoms with Crippen LogP contribution in [-0.4, -0.2) is 37.5 Å². The van der Waals surface area contributed by atoms with Crippen molar-refractivity contribution in [3.63, 3.8) is 0 Å². The van der Waals surface area contributed by atoms with Crippen LogP contribution in [0.2, 0.25) is 0 Å². The molecular weight excluding hydrogens is 216 g/mol. The summed E-state index contributed by atoms with van der Waals surface area (Å²) in [6.45, 7) is 6.41. The van der Waals surface area contributed by atoms with Gasteiger partial charge in [0.25, 0.3) is 5.91 Å². The van der Waals surface area contributed by atoms with Crippen molar-refractivity contribution >= 4 is 5.91 Å². The maximum atomic E-state index is 12.3. The minimum Gasteiger partial charge on any atom is -0.466 e. The standard InChI is InChI=1S/C13H20N2O2/c1-9-6-12(10(2)17-9)13(16)15-5-4-11(8-15)7-14-3/h6,11,14H,4-5,7-8H2,1-3H3. The summed E-state index contributed by atoms with van der Waals surface area (Å²) in [5, 5.41) is 3.17. The van der Waals surface area contributed by atoms with E-state index < -0.39 is 0 Å². The Bertz CT molecular complexity index is 412. The third kappa shape index (κ3) is 2.52. The zero-order valence-corrected chi connectivity index (χ0v) is 10.7. The van der Waals surface area contributed by atoms with E-state index >= 15 is 0 Å². The van der Waals surface area contributed by atoms with Crippen molar-refractivity contribution in [3.05, 3.63) is 23.2 Å². The second kappa shape index (κ2) is 4.92. The Morgan fingerprint density at radius 3 is 2.94 bits per heavy atom. The van der Waals surface area contributed by atoms with Crippen molar-refractivity contribution in [2.75, 3.05) is 26.7 Å². The molecule has 1 unspecified atom stereocenters. The Balaban J connectivity index is 2.04. The van der Waals surface area contributed by atoms with Crippen LogP contribution >= 0.6 is 0 Å². The molecule has 1 atom stereocenters. The fourth-order valence-electron chi connectivity index (χ4n) is 2.49. The zero-order chi connectivity index (χ0) is 12.4. The lowest BCUT2D eigenvalue weighted by Crippen LogP contribution is -2.30. The van der Waals surface area contributed by atoms with Crippen LogP contribution in [0.4, 0.5) is 0 Å². The number of rotatable bonds is 3. The lowest BCUT2D eigenvalue weighted by atomic mass is 10.1. The minimum atomic E-state index is 0.109. The first kappa shape index (κ1) is 12.2. The zero-order valence-electron chi connectivity index (χ0n) is 10.7. The highest BCUT2D eigenvalue weighted by atomic mass is 16.3. The molecule has 1 amide bonds. The summed E-state index contributed by atoms with van der Waals surface area (Å²) in [5.74, 6) is 2.22. The van der Waals surface area contributed by atoms with Gasteiger partial charge in [0, 0.05) is 13.1 Å². The van der Waals surface area contributed by atoms with Gasteiger partial charge in [-0.05, 0) is 45.8 Å². The summed E-state index contributed by atoms with van der Waals surface area (Å²) in [6.07, 6.45) is 1.09. The summed E-state index contributed by atoms with van der Waals surface area (Å²) in [6, 6.07) is 1.84. The molecule has 1 aromatic rings. The van der Waals surface area contributed by atoms with Crippen molar-refractivity contribution in [1.29, 1.82) is 0 Å². The van der Waals surface area contributed by atoms with Gasteiger partial charge in [-0.15, -0.1) is 0 Å². The first-order valence-corrected chi connectivity index (χ1v) is 6.12. The van der Waals surface area contributed by atoms with Gasteiger partial charge in [0.1, 0.15) is 11.5 Å². The lowest BCUT2D eigenvalue weighted by molar-refractivity contribution is 0.0785. The molecule has 0 saturated carbocycles. The molecule has 17 heavy (non-hydrogen) atoms. The number of amides is 1. The number of likely N-dealkylation sites (tertiary alicyclic amines) is 1. The SMILES string of the molecule is CNCC1CCN(C(=O)c2cc(C)oc2C)C1. The quantitative estimate of drug-likeness (QED) is 0.866. The first-order chi connectivity index (χ1) is 8.11. The van der Waals surface area contributed by atoms with Gasteiger partial charge in [0.05, 0.1) is 5.56 Å². The second-order valence-corrected chi connectivity index (χ2v) is 4.79. The Morgan fingerprint density at radius 1 is 1.59 bits per heavy atom. The summed E-state index contributed by atoms with van der Waals surface area (Å²) < 4.78 is 5.41. The molecular formula is C13H20N2O2. The van der Waals surface area contributed by atoms with Gasteiger partial charge in [-0.3, -0.25) is 4.79 Å². The molecule has 4 heteroatoms. The van der Waals surface area contributed by atoms with Crippen molar-refractivity contribution in [1.82, 2.24) is 10.2 Å². The number of hydrogen-bond acceptors (Lipinski definition) is 3. The van der Waals surface area contributed by atoms with Gasteiger partial charge in [-0.2, -0.15) is 0 Å². The van der Waals surface area contributed by atoms with E-state index in [1.165, 1.54) is 0 Å². The van der Waals surface area contributed by atoms with Crippen LogP contribution in [0.1, 0.15) is 28.3 Å². The molecule has 4 nitrogen and oxygen atoms in total. The van der Waals surface area contributed by atoms with Gasteiger partial charge >= 0.3 is 0 Å². The van der Waals surface area contributed by atoms with Gasteiger partial charge in [0.2, 0.25) is 0 Å². The average Bonchev–Trinajstić information content (AvgIpc) is 2.85. The molecule has 1 fully saturated rings.